The highest BCUT2D eigenvalue weighted by Crippen LogP contribution is 2.18. The minimum Gasteiger partial charge on any atom is -0.378 e. The highest BCUT2D eigenvalue weighted by Gasteiger charge is 2.15. The molecule has 1 aliphatic heterocycles. The average Bonchev–Trinajstić information content (AvgIpc) is 2.54. The zero-order chi connectivity index (χ0) is 8.39. The van der Waals surface area contributed by atoms with Gasteiger partial charge in [0.1, 0.15) is 0 Å². The maximum absolute atomic E-state index is 5.35. The van der Waals surface area contributed by atoms with Gasteiger partial charge in [0.25, 0.3) is 0 Å². The van der Waals surface area contributed by atoms with Crippen molar-refractivity contribution in [2.75, 3.05) is 19.8 Å². The Kier molecular flexibility index (Phi) is 2.48. The molecule has 0 bridgehead atoms. The predicted molar refractivity (Wildman–Crippen MR) is 50.1 cm³/mol. The summed E-state index contributed by atoms with van der Waals surface area (Å²) >= 11 is 3.40. The van der Waals surface area contributed by atoms with E-state index in [4.69, 9.17) is 4.74 Å². The SMILES string of the molecule is Brc1c[nH]c([C@H]2COCCN2)c1. The van der Waals surface area contributed by atoms with Crippen LogP contribution in [-0.4, -0.2) is 24.7 Å². The molecule has 0 saturated carbocycles. The van der Waals surface area contributed by atoms with E-state index in [-0.39, 0.29) is 0 Å². The Bertz CT molecular complexity index is 255. The van der Waals surface area contributed by atoms with E-state index in [1.807, 2.05) is 6.20 Å². The molecule has 2 heterocycles. The second-order valence-electron chi connectivity index (χ2n) is 2.85. The molecule has 1 saturated heterocycles. The van der Waals surface area contributed by atoms with Gasteiger partial charge >= 0.3 is 0 Å². The number of ether oxygens (including phenoxy) is 1. The third-order valence-corrected chi connectivity index (χ3v) is 2.43. The minimum absolute atomic E-state index is 0.324. The largest absolute Gasteiger partial charge is 0.378 e. The molecule has 4 heteroatoms. The lowest BCUT2D eigenvalue weighted by Crippen LogP contribution is -2.34. The fraction of sp³-hybridized carbons (Fsp3) is 0.500. The van der Waals surface area contributed by atoms with Crippen LogP contribution in [-0.2, 0) is 4.74 Å². The fourth-order valence-corrected chi connectivity index (χ4v) is 1.71. The van der Waals surface area contributed by atoms with E-state index in [0.717, 1.165) is 24.2 Å². The second kappa shape index (κ2) is 3.60. The molecular weight excluding hydrogens is 220 g/mol. The van der Waals surface area contributed by atoms with Crippen LogP contribution in [0.1, 0.15) is 11.7 Å². The molecule has 0 amide bonds. The Hall–Kier alpha value is -0.320. The summed E-state index contributed by atoms with van der Waals surface area (Å²) in [5.74, 6) is 0. The molecule has 0 radical (unpaired) electrons. The minimum atomic E-state index is 0.324. The summed E-state index contributed by atoms with van der Waals surface area (Å²) in [6, 6.07) is 2.40. The molecule has 0 unspecified atom stereocenters. The molecule has 1 aromatic rings. The first-order valence-corrected chi connectivity index (χ1v) is 4.80. The van der Waals surface area contributed by atoms with Gasteiger partial charge in [-0.15, -0.1) is 0 Å². The van der Waals surface area contributed by atoms with Gasteiger partial charge in [-0.05, 0) is 22.0 Å². The van der Waals surface area contributed by atoms with Crippen LogP contribution in [0.4, 0.5) is 0 Å². The summed E-state index contributed by atoms with van der Waals surface area (Å²) in [5.41, 5.74) is 1.18. The molecule has 1 fully saturated rings. The third-order valence-electron chi connectivity index (χ3n) is 1.97. The number of hydrogen-bond acceptors (Lipinski definition) is 2. The van der Waals surface area contributed by atoms with E-state index in [0.29, 0.717) is 6.04 Å². The first-order valence-electron chi connectivity index (χ1n) is 4.01. The summed E-state index contributed by atoms with van der Waals surface area (Å²) in [4.78, 5) is 3.19. The Balaban J connectivity index is 2.08. The molecule has 12 heavy (non-hydrogen) atoms. The number of hydrogen-bond donors (Lipinski definition) is 2. The number of rotatable bonds is 1. The third kappa shape index (κ3) is 1.71. The lowest BCUT2D eigenvalue weighted by molar-refractivity contribution is 0.0758. The molecule has 1 atom stereocenters. The maximum atomic E-state index is 5.35. The van der Waals surface area contributed by atoms with Gasteiger partial charge < -0.3 is 15.0 Å². The molecule has 1 aromatic heterocycles. The van der Waals surface area contributed by atoms with E-state index in [1.54, 1.807) is 0 Å². The predicted octanol–water partition coefficient (Wildman–Crippen LogP) is 1.44. The van der Waals surface area contributed by atoms with Crippen LogP contribution in [0.25, 0.3) is 0 Å². The molecule has 2 N–H and O–H groups in total. The van der Waals surface area contributed by atoms with Gasteiger partial charge in [-0.3, -0.25) is 0 Å². The topological polar surface area (TPSA) is 37.0 Å². The molecule has 2 rings (SSSR count). The quantitative estimate of drug-likeness (QED) is 0.767. The van der Waals surface area contributed by atoms with Crippen molar-refractivity contribution in [1.82, 2.24) is 10.3 Å². The van der Waals surface area contributed by atoms with E-state index in [1.165, 1.54) is 5.69 Å². The van der Waals surface area contributed by atoms with Gasteiger partial charge in [0.05, 0.1) is 19.3 Å². The summed E-state index contributed by atoms with van der Waals surface area (Å²) in [7, 11) is 0. The average molecular weight is 231 g/mol. The molecular formula is C8H11BrN2O. The van der Waals surface area contributed by atoms with Crippen molar-refractivity contribution in [2.24, 2.45) is 0 Å². The number of aromatic amines is 1. The van der Waals surface area contributed by atoms with Crippen LogP contribution >= 0.6 is 15.9 Å². The lowest BCUT2D eigenvalue weighted by atomic mass is 10.2. The first-order chi connectivity index (χ1) is 5.86. The summed E-state index contributed by atoms with van der Waals surface area (Å²) < 4.78 is 6.44. The number of halogens is 1. The number of nitrogens with one attached hydrogen (secondary N) is 2. The van der Waals surface area contributed by atoms with Crippen molar-refractivity contribution in [1.29, 1.82) is 0 Å². The Morgan fingerprint density at radius 1 is 1.58 bits per heavy atom. The van der Waals surface area contributed by atoms with E-state index in [2.05, 4.69) is 32.3 Å². The van der Waals surface area contributed by atoms with Gasteiger partial charge in [0, 0.05) is 22.9 Å². The van der Waals surface area contributed by atoms with Crippen LogP contribution in [0.5, 0.6) is 0 Å². The lowest BCUT2D eigenvalue weighted by Gasteiger charge is -2.22. The zero-order valence-electron chi connectivity index (χ0n) is 6.64. The highest BCUT2D eigenvalue weighted by molar-refractivity contribution is 9.10. The van der Waals surface area contributed by atoms with Crippen molar-refractivity contribution in [3.63, 3.8) is 0 Å². The number of H-pyrrole nitrogens is 1. The summed E-state index contributed by atoms with van der Waals surface area (Å²) in [6.07, 6.45) is 1.94. The molecule has 0 spiro atoms. The van der Waals surface area contributed by atoms with Crippen molar-refractivity contribution >= 4 is 15.9 Å². The summed E-state index contributed by atoms with van der Waals surface area (Å²) in [6.45, 7) is 2.51. The van der Waals surface area contributed by atoms with Crippen LogP contribution < -0.4 is 5.32 Å². The Labute approximate surface area is 79.6 Å². The van der Waals surface area contributed by atoms with Gasteiger partial charge in [-0.25, -0.2) is 0 Å². The van der Waals surface area contributed by atoms with Gasteiger partial charge in [0.15, 0.2) is 0 Å². The molecule has 0 aromatic carbocycles. The Morgan fingerprint density at radius 3 is 3.08 bits per heavy atom. The molecule has 0 aliphatic carbocycles. The van der Waals surface area contributed by atoms with E-state index in [9.17, 15) is 0 Å². The molecule has 3 nitrogen and oxygen atoms in total. The zero-order valence-corrected chi connectivity index (χ0v) is 8.23. The first kappa shape index (κ1) is 8.29. The van der Waals surface area contributed by atoms with Crippen LogP contribution in [0, 0.1) is 0 Å². The summed E-state index contributed by atoms with van der Waals surface area (Å²) in [5, 5.41) is 3.37. The van der Waals surface area contributed by atoms with Gasteiger partial charge in [0.2, 0.25) is 0 Å². The van der Waals surface area contributed by atoms with E-state index < -0.39 is 0 Å². The monoisotopic (exact) mass is 230 g/mol. The fourth-order valence-electron chi connectivity index (χ4n) is 1.35. The normalized spacial score (nSPS) is 24.2. The van der Waals surface area contributed by atoms with Crippen molar-refractivity contribution in [3.8, 4) is 0 Å². The standard InChI is InChI=1S/C8H11BrN2O/c9-6-3-7(11-4-6)8-5-12-2-1-10-8/h3-4,8,10-11H,1-2,5H2/t8-/m1/s1. The Morgan fingerprint density at radius 2 is 2.50 bits per heavy atom. The van der Waals surface area contributed by atoms with Gasteiger partial charge in [-0.1, -0.05) is 0 Å². The highest BCUT2D eigenvalue weighted by atomic mass is 79.9. The van der Waals surface area contributed by atoms with Crippen molar-refractivity contribution in [3.05, 3.63) is 22.4 Å². The molecule has 66 valence electrons. The van der Waals surface area contributed by atoms with Crippen molar-refractivity contribution < 1.29 is 4.74 Å². The van der Waals surface area contributed by atoms with E-state index >= 15 is 0 Å². The second-order valence-corrected chi connectivity index (χ2v) is 3.77. The smallest absolute Gasteiger partial charge is 0.0711 e. The molecule has 1 aliphatic rings. The number of aromatic nitrogens is 1. The van der Waals surface area contributed by atoms with Crippen LogP contribution in [0.2, 0.25) is 0 Å². The van der Waals surface area contributed by atoms with Crippen molar-refractivity contribution in [2.45, 2.75) is 6.04 Å². The van der Waals surface area contributed by atoms with Crippen LogP contribution in [0.3, 0.4) is 0 Å². The van der Waals surface area contributed by atoms with Crippen LogP contribution in [0.15, 0.2) is 16.7 Å². The maximum Gasteiger partial charge on any atom is 0.0711 e. The van der Waals surface area contributed by atoms with Gasteiger partial charge in [-0.2, -0.15) is 0 Å². The number of morpholine rings is 1.